The first-order valence-corrected chi connectivity index (χ1v) is 9.70. The number of amides is 2. The molecular weight excluding hydrogens is 334 g/mol. The summed E-state index contributed by atoms with van der Waals surface area (Å²) in [5, 5.41) is 6.49. The lowest BCUT2D eigenvalue weighted by molar-refractivity contribution is -0.126. The molecule has 134 valence electrons. The summed E-state index contributed by atoms with van der Waals surface area (Å²) < 4.78 is 0. The van der Waals surface area contributed by atoms with E-state index in [1.165, 1.54) is 17.3 Å². The van der Waals surface area contributed by atoms with Gasteiger partial charge in [0, 0.05) is 19.5 Å². The molecule has 0 saturated carbocycles. The van der Waals surface area contributed by atoms with Crippen LogP contribution in [0.5, 0.6) is 0 Å². The van der Waals surface area contributed by atoms with Gasteiger partial charge in [0.05, 0.1) is 22.4 Å². The van der Waals surface area contributed by atoms with Crippen molar-refractivity contribution in [2.45, 2.75) is 38.7 Å². The highest BCUT2D eigenvalue weighted by atomic mass is 32.2. The van der Waals surface area contributed by atoms with Crippen LogP contribution in [0.2, 0.25) is 0 Å². The van der Waals surface area contributed by atoms with Crippen molar-refractivity contribution >= 4 is 23.6 Å². The SMILES string of the molecule is CCN(CC)C(=O)C1=C(C)C2C(=O)NC(Cc3ccccc3)NC2S1. The van der Waals surface area contributed by atoms with Crippen molar-refractivity contribution in [1.29, 1.82) is 0 Å². The van der Waals surface area contributed by atoms with Gasteiger partial charge in [-0.05, 0) is 31.9 Å². The molecule has 0 aromatic heterocycles. The van der Waals surface area contributed by atoms with Crippen LogP contribution in [-0.4, -0.2) is 41.3 Å². The van der Waals surface area contributed by atoms with Gasteiger partial charge in [-0.15, -0.1) is 11.8 Å². The van der Waals surface area contributed by atoms with Gasteiger partial charge in [0.2, 0.25) is 5.91 Å². The maximum absolute atomic E-state index is 12.7. The molecule has 3 rings (SSSR count). The third-order valence-electron chi connectivity index (χ3n) is 4.86. The van der Waals surface area contributed by atoms with Crippen LogP contribution in [0.1, 0.15) is 26.3 Å². The molecule has 2 N–H and O–H groups in total. The average molecular weight is 359 g/mol. The summed E-state index contributed by atoms with van der Waals surface area (Å²) in [6.45, 7) is 7.22. The molecular formula is C19H25N3O2S. The Hall–Kier alpha value is -1.79. The lowest BCUT2D eigenvalue weighted by Crippen LogP contribution is -2.60. The summed E-state index contributed by atoms with van der Waals surface area (Å²) in [7, 11) is 0. The van der Waals surface area contributed by atoms with Gasteiger partial charge in [0.15, 0.2) is 0 Å². The summed E-state index contributed by atoms with van der Waals surface area (Å²) in [5.74, 6) is -0.223. The van der Waals surface area contributed by atoms with Crippen molar-refractivity contribution in [3.8, 4) is 0 Å². The molecule has 5 nitrogen and oxygen atoms in total. The van der Waals surface area contributed by atoms with Gasteiger partial charge in [-0.3, -0.25) is 14.9 Å². The fourth-order valence-corrected chi connectivity index (χ4v) is 4.95. The van der Waals surface area contributed by atoms with Gasteiger partial charge >= 0.3 is 0 Å². The van der Waals surface area contributed by atoms with Gasteiger partial charge in [0.1, 0.15) is 0 Å². The fraction of sp³-hybridized carbons (Fsp3) is 0.474. The van der Waals surface area contributed by atoms with E-state index in [-0.39, 0.29) is 29.3 Å². The largest absolute Gasteiger partial charge is 0.340 e. The minimum atomic E-state index is -0.272. The van der Waals surface area contributed by atoms with Crippen molar-refractivity contribution in [2.24, 2.45) is 5.92 Å². The Morgan fingerprint density at radius 3 is 2.52 bits per heavy atom. The van der Waals surface area contributed by atoms with Gasteiger partial charge in [-0.2, -0.15) is 0 Å². The third-order valence-corrected chi connectivity index (χ3v) is 6.26. The summed E-state index contributed by atoms with van der Waals surface area (Å²) in [5.41, 5.74) is 2.06. The zero-order chi connectivity index (χ0) is 18.0. The van der Waals surface area contributed by atoms with E-state index in [9.17, 15) is 9.59 Å². The highest BCUT2D eigenvalue weighted by Gasteiger charge is 2.45. The van der Waals surface area contributed by atoms with Crippen molar-refractivity contribution in [3.05, 3.63) is 46.4 Å². The standard InChI is InChI=1S/C19H25N3O2S/c1-4-22(5-2)19(24)16-12(3)15-17(23)20-14(21-18(15)25-16)11-13-9-7-6-8-10-13/h6-10,14-15,18,21H,4-5,11H2,1-3H3,(H,20,23). The highest BCUT2D eigenvalue weighted by molar-refractivity contribution is 8.04. The monoisotopic (exact) mass is 359 g/mol. The number of hydrogen-bond donors (Lipinski definition) is 2. The first-order valence-electron chi connectivity index (χ1n) is 8.82. The summed E-state index contributed by atoms with van der Waals surface area (Å²) in [6.07, 6.45) is 0.619. The second-order valence-electron chi connectivity index (χ2n) is 6.42. The van der Waals surface area contributed by atoms with E-state index in [1.807, 2.05) is 43.9 Å². The Morgan fingerprint density at radius 2 is 1.88 bits per heavy atom. The number of thioether (sulfide) groups is 1. The molecule has 3 atom stereocenters. The number of rotatable bonds is 5. The number of fused-ring (bicyclic) bond motifs is 1. The van der Waals surface area contributed by atoms with Crippen LogP contribution in [0.25, 0.3) is 0 Å². The van der Waals surface area contributed by atoms with Crippen LogP contribution in [0.15, 0.2) is 40.8 Å². The van der Waals surface area contributed by atoms with Crippen LogP contribution in [0.4, 0.5) is 0 Å². The van der Waals surface area contributed by atoms with E-state index < -0.39 is 0 Å². The Kier molecular flexibility index (Phi) is 5.49. The molecule has 2 aliphatic heterocycles. The minimum Gasteiger partial charge on any atom is -0.340 e. The zero-order valence-electron chi connectivity index (χ0n) is 14.9. The zero-order valence-corrected chi connectivity index (χ0v) is 15.7. The normalized spacial score (nSPS) is 25.6. The van der Waals surface area contributed by atoms with E-state index >= 15 is 0 Å². The molecule has 25 heavy (non-hydrogen) atoms. The van der Waals surface area contributed by atoms with Crippen molar-refractivity contribution in [2.75, 3.05) is 13.1 Å². The van der Waals surface area contributed by atoms with Crippen molar-refractivity contribution < 1.29 is 9.59 Å². The topological polar surface area (TPSA) is 61.4 Å². The van der Waals surface area contributed by atoms with Gasteiger partial charge < -0.3 is 10.2 Å². The number of likely N-dealkylation sites (N-methyl/N-ethyl adjacent to an activating group) is 1. The second kappa shape index (κ2) is 7.62. The van der Waals surface area contributed by atoms with Crippen LogP contribution in [0.3, 0.4) is 0 Å². The molecule has 2 aliphatic rings. The molecule has 3 unspecified atom stereocenters. The molecule has 1 aromatic carbocycles. The lowest BCUT2D eigenvalue weighted by Gasteiger charge is -2.34. The van der Waals surface area contributed by atoms with Gasteiger partial charge in [-0.25, -0.2) is 0 Å². The second-order valence-corrected chi connectivity index (χ2v) is 7.58. The molecule has 1 fully saturated rings. The molecule has 1 saturated heterocycles. The van der Waals surface area contributed by atoms with E-state index in [4.69, 9.17) is 0 Å². The maximum atomic E-state index is 12.7. The summed E-state index contributed by atoms with van der Waals surface area (Å²) >= 11 is 1.50. The number of carbonyl (C=O) groups is 2. The summed E-state index contributed by atoms with van der Waals surface area (Å²) in [4.78, 5) is 27.9. The maximum Gasteiger partial charge on any atom is 0.260 e. The minimum absolute atomic E-state index is 0.0111. The summed E-state index contributed by atoms with van der Waals surface area (Å²) in [6, 6.07) is 10.1. The highest BCUT2D eigenvalue weighted by Crippen LogP contribution is 2.43. The van der Waals surface area contributed by atoms with E-state index in [2.05, 4.69) is 22.8 Å². The molecule has 0 radical (unpaired) electrons. The molecule has 6 heteroatoms. The molecule has 1 aromatic rings. The van der Waals surface area contributed by atoms with E-state index in [0.29, 0.717) is 13.1 Å². The quantitative estimate of drug-likeness (QED) is 0.845. The molecule has 0 bridgehead atoms. The van der Waals surface area contributed by atoms with E-state index in [0.717, 1.165) is 16.9 Å². The Labute approximate surface area is 153 Å². The third kappa shape index (κ3) is 3.60. The Morgan fingerprint density at radius 1 is 1.20 bits per heavy atom. The van der Waals surface area contributed by atoms with Crippen LogP contribution in [0, 0.1) is 5.92 Å². The predicted molar refractivity (Wildman–Crippen MR) is 101 cm³/mol. The molecule has 0 aliphatic carbocycles. The van der Waals surface area contributed by atoms with Crippen LogP contribution >= 0.6 is 11.8 Å². The number of nitrogens with one attached hydrogen (secondary N) is 2. The molecule has 2 amide bonds. The van der Waals surface area contributed by atoms with E-state index in [1.54, 1.807) is 0 Å². The number of hydrogen-bond acceptors (Lipinski definition) is 4. The van der Waals surface area contributed by atoms with Gasteiger partial charge in [-0.1, -0.05) is 30.3 Å². The van der Waals surface area contributed by atoms with Crippen LogP contribution in [-0.2, 0) is 16.0 Å². The number of nitrogens with zero attached hydrogens (tertiary/aromatic N) is 1. The van der Waals surface area contributed by atoms with Gasteiger partial charge in [0.25, 0.3) is 5.91 Å². The Balaban J connectivity index is 1.73. The average Bonchev–Trinajstić information content (AvgIpc) is 2.94. The Bertz CT molecular complexity index is 685. The first kappa shape index (κ1) is 18.0. The van der Waals surface area contributed by atoms with Crippen LogP contribution < -0.4 is 10.6 Å². The number of benzene rings is 1. The molecule has 2 heterocycles. The smallest absolute Gasteiger partial charge is 0.260 e. The fourth-order valence-electron chi connectivity index (χ4n) is 3.46. The lowest BCUT2D eigenvalue weighted by atomic mass is 9.95. The molecule has 0 spiro atoms. The van der Waals surface area contributed by atoms with Crippen molar-refractivity contribution in [3.63, 3.8) is 0 Å². The van der Waals surface area contributed by atoms with Crippen molar-refractivity contribution in [1.82, 2.24) is 15.5 Å². The number of carbonyl (C=O) groups excluding carboxylic acids is 2. The predicted octanol–water partition coefficient (Wildman–Crippen LogP) is 2.11. The first-order chi connectivity index (χ1) is 12.0.